The molecule has 0 saturated heterocycles. The first-order valence-electron chi connectivity index (χ1n) is 9.21. The zero-order chi connectivity index (χ0) is 20.5. The number of nitriles is 1. The van der Waals surface area contributed by atoms with Crippen molar-refractivity contribution in [3.05, 3.63) is 81.1 Å². The molecule has 0 unspecified atom stereocenters. The third kappa shape index (κ3) is 3.46. The molecule has 0 spiro atoms. The molecule has 0 fully saturated rings. The Morgan fingerprint density at radius 3 is 2.55 bits per heavy atom. The Morgan fingerprint density at radius 1 is 1.17 bits per heavy atom. The minimum Gasteiger partial charge on any atom is -0.389 e. The fraction of sp³-hybridized carbons (Fsp3) is 0.182. The zero-order valence-electron chi connectivity index (χ0n) is 15.8. The topological polar surface area (TPSA) is 82.5 Å². The van der Waals surface area contributed by atoms with E-state index in [-0.39, 0.29) is 12.1 Å². The standard InChI is InChI=1S/C22H19ClN4O2/c1-14-10-21(29)27-20-5-3-2-4-19(20)26(22(27)18(14)11-24)13-17(28)12-25-16-8-6-15(23)7-9-16/h2-10,17,25,28H,12-13H2,1H3/t17-/m0/s1. The molecule has 0 saturated carbocycles. The normalized spacial score (nSPS) is 12.2. The van der Waals surface area contributed by atoms with Crippen LogP contribution in [0.15, 0.2) is 59.4 Å². The van der Waals surface area contributed by atoms with E-state index in [0.717, 1.165) is 11.2 Å². The maximum atomic E-state index is 12.7. The van der Waals surface area contributed by atoms with Crippen molar-refractivity contribution in [2.75, 3.05) is 11.9 Å². The van der Waals surface area contributed by atoms with Crippen molar-refractivity contribution in [3.63, 3.8) is 0 Å². The van der Waals surface area contributed by atoms with Crippen LogP contribution in [0.3, 0.4) is 0 Å². The Hall–Kier alpha value is -3.27. The lowest BCUT2D eigenvalue weighted by molar-refractivity contribution is 0.169. The lowest BCUT2D eigenvalue weighted by atomic mass is 10.1. The van der Waals surface area contributed by atoms with Gasteiger partial charge >= 0.3 is 0 Å². The second-order valence-corrected chi connectivity index (χ2v) is 7.39. The number of para-hydroxylation sites is 2. The number of pyridine rings is 1. The number of hydrogen-bond acceptors (Lipinski definition) is 4. The molecule has 0 amide bonds. The summed E-state index contributed by atoms with van der Waals surface area (Å²) in [6, 6.07) is 18.4. The van der Waals surface area contributed by atoms with Crippen molar-refractivity contribution in [2.45, 2.75) is 19.6 Å². The van der Waals surface area contributed by atoms with Crippen LogP contribution in [0.1, 0.15) is 11.1 Å². The molecule has 0 aliphatic heterocycles. The van der Waals surface area contributed by atoms with Crippen molar-refractivity contribution in [3.8, 4) is 6.07 Å². The molecular formula is C22H19ClN4O2. The second kappa shape index (κ2) is 7.63. The van der Waals surface area contributed by atoms with Crippen LogP contribution in [-0.4, -0.2) is 26.7 Å². The number of rotatable bonds is 5. The summed E-state index contributed by atoms with van der Waals surface area (Å²) in [4.78, 5) is 12.7. The first-order chi connectivity index (χ1) is 14.0. The molecule has 0 radical (unpaired) electrons. The van der Waals surface area contributed by atoms with Gasteiger partial charge in [0.1, 0.15) is 11.7 Å². The van der Waals surface area contributed by atoms with Crippen molar-refractivity contribution >= 4 is 34.0 Å². The number of aryl methyl sites for hydroxylation is 1. The van der Waals surface area contributed by atoms with Crippen LogP contribution in [0.2, 0.25) is 5.02 Å². The van der Waals surface area contributed by atoms with Gasteiger partial charge in [0.15, 0.2) is 0 Å². The van der Waals surface area contributed by atoms with Gasteiger partial charge in [-0.05, 0) is 48.9 Å². The van der Waals surface area contributed by atoms with E-state index in [9.17, 15) is 15.2 Å². The molecule has 2 heterocycles. The number of nitrogens with one attached hydrogen (secondary N) is 1. The van der Waals surface area contributed by atoms with Gasteiger partial charge in [0.05, 0.1) is 29.2 Å². The van der Waals surface area contributed by atoms with Crippen LogP contribution >= 0.6 is 11.6 Å². The first-order valence-corrected chi connectivity index (χ1v) is 9.58. The minimum absolute atomic E-state index is 0.194. The van der Waals surface area contributed by atoms with Gasteiger partial charge in [-0.2, -0.15) is 5.26 Å². The molecule has 0 aliphatic carbocycles. The number of hydrogen-bond donors (Lipinski definition) is 2. The molecular weight excluding hydrogens is 388 g/mol. The molecule has 0 bridgehead atoms. The molecule has 7 heteroatoms. The fourth-order valence-electron chi connectivity index (χ4n) is 3.60. The molecule has 146 valence electrons. The Labute approximate surface area is 172 Å². The molecule has 6 nitrogen and oxygen atoms in total. The summed E-state index contributed by atoms with van der Waals surface area (Å²) in [5, 5.41) is 24.2. The van der Waals surface area contributed by atoms with E-state index in [1.54, 1.807) is 23.5 Å². The van der Waals surface area contributed by atoms with Crippen LogP contribution in [-0.2, 0) is 6.54 Å². The van der Waals surface area contributed by atoms with E-state index in [4.69, 9.17) is 11.6 Å². The Morgan fingerprint density at radius 2 is 1.86 bits per heavy atom. The summed E-state index contributed by atoms with van der Waals surface area (Å²) in [5.74, 6) is 0. The molecule has 2 aromatic carbocycles. The SMILES string of the molecule is Cc1cc(=O)n2c3ccccc3n(C[C@@H](O)CNc3ccc(Cl)cc3)c2c1C#N. The van der Waals surface area contributed by atoms with Gasteiger partial charge in [0, 0.05) is 23.3 Å². The highest BCUT2D eigenvalue weighted by atomic mass is 35.5. The predicted octanol–water partition coefficient (Wildman–Crippen LogP) is 3.56. The largest absolute Gasteiger partial charge is 0.389 e. The molecule has 2 N–H and O–H groups in total. The van der Waals surface area contributed by atoms with E-state index in [0.29, 0.717) is 33.9 Å². The summed E-state index contributed by atoms with van der Waals surface area (Å²) < 4.78 is 3.39. The summed E-state index contributed by atoms with van der Waals surface area (Å²) in [6.45, 7) is 2.29. The number of aromatic nitrogens is 2. The van der Waals surface area contributed by atoms with E-state index in [1.165, 1.54) is 6.07 Å². The van der Waals surface area contributed by atoms with Crippen LogP contribution in [0, 0.1) is 18.3 Å². The number of anilines is 1. The van der Waals surface area contributed by atoms with Gasteiger partial charge in [0.2, 0.25) is 0 Å². The summed E-state index contributed by atoms with van der Waals surface area (Å²) in [5.41, 5.74) is 3.71. The quantitative estimate of drug-likeness (QED) is 0.531. The second-order valence-electron chi connectivity index (χ2n) is 6.95. The van der Waals surface area contributed by atoms with Gasteiger partial charge in [0.25, 0.3) is 5.56 Å². The fourth-order valence-corrected chi connectivity index (χ4v) is 3.73. The third-order valence-electron chi connectivity index (χ3n) is 4.95. The number of halogens is 1. The Bertz CT molecular complexity index is 1300. The molecule has 0 aliphatic rings. The van der Waals surface area contributed by atoms with Crippen molar-refractivity contribution in [2.24, 2.45) is 0 Å². The number of fused-ring (bicyclic) bond motifs is 3. The number of imidazole rings is 1. The van der Waals surface area contributed by atoms with Crippen LogP contribution < -0.4 is 10.9 Å². The van der Waals surface area contributed by atoms with Gasteiger partial charge in [-0.15, -0.1) is 0 Å². The molecule has 29 heavy (non-hydrogen) atoms. The van der Waals surface area contributed by atoms with E-state index in [2.05, 4.69) is 11.4 Å². The number of benzene rings is 2. The molecule has 1 atom stereocenters. The average Bonchev–Trinajstić information content (AvgIpc) is 3.03. The van der Waals surface area contributed by atoms with Gasteiger partial charge in [-0.1, -0.05) is 23.7 Å². The molecule has 4 rings (SSSR count). The van der Waals surface area contributed by atoms with E-state index >= 15 is 0 Å². The van der Waals surface area contributed by atoms with E-state index in [1.807, 2.05) is 41.0 Å². The number of aliphatic hydroxyl groups is 1. The molecule has 2 aromatic heterocycles. The van der Waals surface area contributed by atoms with E-state index < -0.39 is 6.10 Å². The van der Waals surface area contributed by atoms with Crippen molar-refractivity contribution in [1.29, 1.82) is 5.26 Å². The zero-order valence-corrected chi connectivity index (χ0v) is 16.5. The summed E-state index contributed by atoms with van der Waals surface area (Å²) >= 11 is 5.90. The lowest BCUT2D eigenvalue weighted by Crippen LogP contribution is -2.25. The lowest BCUT2D eigenvalue weighted by Gasteiger charge is -2.16. The van der Waals surface area contributed by atoms with Crippen LogP contribution in [0.5, 0.6) is 0 Å². The summed E-state index contributed by atoms with van der Waals surface area (Å²) in [7, 11) is 0. The first kappa shape index (κ1) is 19.1. The predicted molar refractivity (Wildman–Crippen MR) is 115 cm³/mol. The van der Waals surface area contributed by atoms with Gasteiger partial charge in [-0.3, -0.25) is 9.20 Å². The molecule has 4 aromatic rings. The Balaban J connectivity index is 1.75. The minimum atomic E-state index is -0.743. The van der Waals surface area contributed by atoms with Crippen LogP contribution in [0.25, 0.3) is 16.7 Å². The highest BCUT2D eigenvalue weighted by molar-refractivity contribution is 6.30. The summed E-state index contributed by atoms with van der Waals surface area (Å²) in [6.07, 6.45) is -0.743. The van der Waals surface area contributed by atoms with Crippen molar-refractivity contribution in [1.82, 2.24) is 8.97 Å². The Kier molecular flexibility index (Phi) is 5.01. The van der Waals surface area contributed by atoms with Gasteiger partial charge < -0.3 is 15.0 Å². The number of nitrogens with zero attached hydrogens (tertiary/aromatic N) is 3. The van der Waals surface area contributed by atoms with Crippen molar-refractivity contribution < 1.29 is 5.11 Å². The maximum Gasteiger partial charge on any atom is 0.257 e. The monoisotopic (exact) mass is 406 g/mol. The number of aliphatic hydroxyl groups excluding tert-OH is 1. The van der Waals surface area contributed by atoms with Gasteiger partial charge in [-0.25, -0.2) is 0 Å². The third-order valence-corrected chi connectivity index (χ3v) is 5.20. The van der Waals surface area contributed by atoms with Crippen LogP contribution in [0.4, 0.5) is 5.69 Å². The highest BCUT2D eigenvalue weighted by Crippen LogP contribution is 2.24. The average molecular weight is 407 g/mol. The highest BCUT2D eigenvalue weighted by Gasteiger charge is 2.19. The maximum absolute atomic E-state index is 12.7. The smallest absolute Gasteiger partial charge is 0.257 e.